The summed E-state index contributed by atoms with van der Waals surface area (Å²) in [6, 6.07) is 9.31. The first kappa shape index (κ1) is 14.0. The number of benzene rings is 1. The van der Waals surface area contributed by atoms with Crippen molar-refractivity contribution in [3.63, 3.8) is 0 Å². The summed E-state index contributed by atoms with van der Waals surface area (Å²) in [4.78, 5) is 12.1. The SMILES string of the molecule is NC1(C(=O)NCC(O)c2ccccc2)CCCCC1. The molecule has 1 unspecified atom stereocenters. The van der Waals surface area contributed by atoms with Gasteiger partial charge >= 0.3 is 0 Å². The van der Waals surface area contributed by atoms with Gasteiger partial charge in [0.15, 0.2) is 0 Å². The van der Waals surface area contributed by atoms with Crippen LogP contribution in [0.3, 0.4) is 0 Å². The molecule has 1 aliphatic carbocycles. The van der Waals surface area contributed by atoms with Crippen LogP contribution in [0, 0.1) is 0 Å². The Labute approximate surface area is 114 Å². The van der Waals surface area contributed by atoms with Crippen molar-refractivity contribution in [2.24, 2.45) is 5.73 Å². The second kappa shape index (κ2) is 6.17. The summed E-state index contributed by atoms with van der Waals surface area (Å²) in [6.07, 6.45) is 3.95. The van der Waals surface area contributed by atoms with Gasteiger partial charge in [-0.25, -0.2) is 0 Å². The van der Waals surface area contributed by atoms with E-state index in [9.17, 15) is 9.90 Å². The van der Waals surface area contributed by atoms with Crippen LogP contribution in [0.2, 0.25) is 0 Å². The molecule has 0 bridgehead atoms. The number of hydrogen-bond acceptors (Lipinski definition) is 3. The van der Waals surface area contributed by atoms with Crippen LogP contribution in [0.25, 0.3) is 0 Å². The van der Waals surface area contributed by atoms with Crippen molar-refractivity contribution in [2.75, 3.05) is 6.54 Å². The normalized spacial score (nSPS) is 19.7. The fraction of sp³-hybridized carbons (Fsp3) is 0.533. The minimum atomic E-state index is -0.741. The third-order valence-electron chi connectivity index (χ3n) is 3.84. The zero-order valence-corrected chi connectivity index (χ0v) is 11.1. The predicted molar refractivity (Wildman–Crippen MR) is 74.4 cm³/mol. The van der Waals surface area contributed by atoms with E-state index in [1.807, 2.05) is 30.3 Å². The Hall–Kier alpha value is -1.39. The number of rotatable bonds is 4. The Kier molecular flexibility index (Phi) is 4.56. The van der Waals surface area contributed by atoms with E-state index in [-0.39, 0.29) is 12.5 Å². The first-order chi connectivity index (χ1) is 9.12. The van der Waals surface area contributed by atoms with Crippen molar-refractivity contribution in [3.05, 3.63) is 35.9 Å². The molecule has 0 radical (unpaired) electrons. The van der Waals surface area contributed by atoms with Gasteiger partial charge in [0.2, 0.25) is 5.91 Å². The zero-order chi connectivity index (χ0) is 13.7. The molecule has 1 saturated carbocycles. The Balaban J connectivity index is 1.86. The van der Waals surface area contributed by atoms with Crippen LogP contribution >= 0.6 is 0 Å². The minimum Gasteiger partial charge on any atom is -0.387 e. The Morgan fingerprint density at radius 1 is 1.26 bits per heavy atom. The van der Waals surface area contributed by atoms with Crippen molar-refractivity contribution < 1.29 is 9.90 Å². The fourth-order valence-electron chi connectivity index (χ4n) is 2.57. The lowest BCUT2D eigenvalue weighted by Crippen LogP contribution is -2.55. The minimum absolute atomic E-state index is 0.137. The van der Waals surface area contributed by atoms with Gasteiger partial charge < -0.3 is 16.2 Å². The van der Waals surface area contributed by atoms with Crippen molar-refractivity contribution >= 4 is 5.91 Å². The molecule has 0 aliphatic heterocycles. The highest BCUT2D eigenvalue weighted by Crippen LogP contribution is 2.26. The van der Waals surface area contributed by atoms with Gasteiger partial charge in [-0.2, -0.15) is 0 Å². The maximum Gasteiger partial charge on any atom is 0.240 e. The third-order valence-corrected chi connectivity index (χ3v) is 3.84. The van der Waals surface area contributed by atoms with Crippen LogP contribution in [0.15, 0.2) is 30.3 Å². The molecule has 19 heavy (non-hydrogen) atoms. The molecule has 1 aromatic carbocycles. The van der Waals surface area contributed by atoms with Crippen molar-refractivity contribution in [3.8, 4) is 0 Å². The van der Waals surface area contributed by atoms with Gasteiger partial charge in [-0.3, -0.25) is 4.79 Å². The van der Waals surface area contributed by atoms with Crippen molar-refractivity contribution in [1.82, 2.24) is 5.32 Å². The van der Waals surface area contributed by atoms with Gasteiger partial charge in [-0.1, -0.05) is 49.6 Å². The number of nitrogens with two attached hydrogens (primary N) is 1. The van der Waals surface area contributed by atoms with Crippen LogP contribution in [0.4, 0.5) is 0 Å². The molecule has 0 aromatic heterocycles. The summed E-state index contributed by atoms with van der Waals surface area (Å²) >= 11 is 0. The van der Waals surface area contributed by atoms with E-state index in [4.69, 9.17) is 5.73 Å². The van der Waals surface area contributed by atoms with Gasteiger partial charge in [-0.15, -0.1) is 0 Å². The summed E-state index contributed by atoms with van der Waals surface area (Å²) < 4.78 is 0. The standard InChI is InChI=1S/C15H22N2O2/c16-15(9-5-2-6-10-15)14(19)17-11-13(18)12-7-3-1-4-8-12/h1,3-4,7-8,13,18H,2,5-6,9-11,16H2,(H,17,19). The zero-order valence-electron chi connectivity index (χ0n) is 11.1. The number of amides is 1. The van der Waals surface area contributed by atoms with E-state index in [0.717, 1.165) is 37.7 Å². The van der Waals surface area contributed by atoms with Crippen LogP contribution < -0.4 is 11.1 Å². The van der Waals surface area contributed by atoms with E-state index < -0.39 is 11.6 Å². The second-order valence-corrected chi connectivity index (χ2v) is 5.35. The van der Waals surface area contributed by atoms with Gasteiger partial charge in [-0.05, 0) is 18.4 Å². The molecule has 2 rings (SSSR count). The van der Waals surface area contributed by atoms with E-state index in [0.29, 0.717) is 0 Å². The van der Waals surface area contributed by atoms with E-state index in [2.05, 4.69) is 5.32 Å². The summed E-state index contributed by atoms with van der Waals surface area (Å²) in [6.45, 7) is 0.210. The highest BCUT2D eigenvalue weighted by molar-refractivity contribution is 5.86. The number of carbonyl (C=O) groups excluding carboxylic acids is 1. The van der Waals surface area contributed by atoms with Crippen molar-refractivity contribution in [2.45, 2.75) is 43.7 Å². The third kappa shape index (κ3) is 3.55. The molecule has 4 nitrogen and oxygen atoms in total. The molecule has 104 valence electrons. The maximum atomic E-state index is 12.1. The Morgan fingerprint density at radius 2 is 1.89 bits per heavy atom. The van der Waals surface area contributed by atoms with E-state index >= 15 is 0 Å². The van der Waals surface area contributed by atoms with Gasteiger partial charge in [0, 0.05) is 6.54 Å². The molecular formula is C15H22N2O2. The second-order valence-electron chi connectivity index (χ2n) is 5.35. The lowest BCUT2D eigenvalue weighted by molar-refractivity contribution is -0.128. The number of aliphatic hydroxyl groups excluding tert-OH is 1. The summed E-state index contributed by atoms with van der Waals surface area (Å²) in [5.74, 6) is -0.137. The van der Waals surface area contributed by atoms with Crippen LogP contribution in [0.5, 0.6) is 0 Å². The summed E-state index contributed by atoms with van der Waals surface area (Å²) in [7, 11) is 0. The summed E-state index contributed by atoms with van der Waals surface area (Å²) in [5, 5.41) is 12.8. The molecule has 0 spiro atoms. The van der Waals surface area contributed by atoms with Crippen molar-refractivity contribution in [1.29, 1.82) is 0 Å². The average Bonchev–Trinajstić information content (AvgIpc) is 2.46. The molecule has 4 heteroatoms. The molecular weight excluding hydrogens is 240 g/mol. The smallest absolute Gasteiger partial charge is 0.240 e. The molecule has 0 saturated heterocycles. The molecule has 1 aliphatic rings. The first-order valence-corrected chi connectivity index (χ1v) is 6.92. The summed E-state index contributed by atoms with van der Waals surface area (Å²) in [5.41, 5.74) is 6.20. The highest BCUT2D eigenvalue weighted by atomic mass is 16.3. The molecule has 4 N–H and O–H groups in total. The average molecular weight is 262 g/mol. The van der Waals surface area contributed by atoms with E-state index in [1.165, 1.54) is 0 Å². The number of carbonyl (C=O) groups is 1. The molecule has 1 fully saturated rings. The lowest BCUT2D eigenvalue weighted by atomic mass is 9.82. The Bertz CT molecular complexity index is 413. The monoisotopic (exact) mass is 262 g/mol. The number of hydrogen-bond donors (Lipinski definition) is 3. The molecule has 0 heterocycles. The van der Waals surface area contributed by atoms with E-state index in [1.54, 1.807) is 0 Å². The van der Waals surface area contributed by atoms with Gasteiger partial charge in [0.05, 0.1) is 11.6 Å². The lowest BCUT2D eigenvalue weighted by Gasteiger charge is -2.32. The Morgan fingerprint density at radius 3 is 2.53 bits per heavy atom. The van der Waals surface area contributed by atoms with Gasteiger partial charge in [0.1, 0.15) is 0 Å². The quantitative estimate of drug-likeness (QED) is 0.769. The first-order valence-electron chi connectivity index (χ1n) is 6.92. The largest absolute Gasteiger partial charge is 0.387 e. The number of nitrogens with one attached hydrogen (secondary N) is 1. The van der Waals surface area contributed by atoms with Crippen LogP contribution in [-0.2, 0) is 4.79 Å². The van der Waals surface area contributed by atoms with Crippen LogP contribution in [-0.4, -0.2) is 23.1 Å². The maximum absolute atomic E-state index is 12.1. The molecule has 1 amide bonds. The molecule has 1 atom stereocenters. The fourth-order valence-corrected chi connectivity index (χ4v) is 2.57. The van der Waals surface area contributed by atoms with Crippen LogP contribution in [0.1, 0.15) is 43.8 Å². The molecule has 1 aromatic rings. The van der Waals surface area contributed by atoms with Gasteiger partial charge in [0.25, 0.3) is 0 Å². The topological polar surface area (TPSA) is 75.4 Å². The predicted octanol–water partition coefficient (Wildman–Crippen LogP) is 1.50. The number of aliphatic hydroxyl groups is 1. The highest BCUT2D eigenvalue weighted by Gasteiger charge is 2.35.